The van der Waals surface area contributed by atoms with Crippen molar-refractivity contribution in [2.24, 2.45) is 0 Å². The molecule has 1 amide bonds. The molecule has 1 aromatic rings. The molecule has 0 bridgehead atoms. The number of thioether (sulfide) groups is 1. The summed E-state index contributed by atoms with van der Waals surface area (Å²) in [6.07, 6.45) is 4.26. The van der Waals surface area contributed by atoms with Gasteiger partial charge in [0.25, 0.3) is 5.91 Å². The molecule has 0 aliphatic carbocycles. The van der Waals surface area contributed by atoms with Crippen LogP contribution in [0.2, 0.25) is 0 Å². The van der Waals surface area contributed by atoms with E-state index >= 15 is 0 Å². The Kier molecular flexibility index (Phi) is 6.66. The van der Waals surface area contributed by atoms with Crippen LogP contribution in [0.25, 0.3) is 6.08 Å². The first-order valence-electron chi connectivity index (χ1n) is 7.82. The maximum Gasteiger partial charge on any atom is 0.331 e. The number of nitrogens with one attached hydrogen (secondary N) is 1. The fourth-order valence-electron chi connectivity index (χ4n) is 2.37. The minimum absolute atomic E-state index is 0.0641. The van der Waals surface area contributed by atoms with Crippen LogP contribution in [0.1, 0.15) is 18.9 Å². The standard InChI is InChI=1S/C17H21NO5S2/c1-12(17(20)18-14-9-10-25(21,22)11-14)23-16(19)8-5-13-3-6-15(24-2)7-4-13/h3-8,12,14H,9-11H2,1-2H3,(H,18,20)/b8-5+/t12-,14-/m1/s1. The molecule has 1 fully saturated rings. The highest BCUT2D eigenvalue weighted by Crippen LogP contribution is 2.15. The second kappa shape index (κ2) is 8.53. The van der Waals surface area contributed by atoms with Gasteiger partial charge < -0.3 is 10.1 Å². The average Bonchev–Trinajstić information content (AvgIpc) is 2.91. The molecule has 6 nitrogen and oxygen atoms in total. The van der Waals surface area contributed by atoms with Gasteiger partial charge in [0.2, 0.25) is 0 Å². The van der Waals surface area contributed by atoms with Gasteiger partial charge in [0.15, 0.2) is 15.9 Å². The van der Waals surface area contributed by atoms with Crippen LogP contribution in [0.5, 0.6) is 0 Å². The molecule has 8 heteroatoms. The fraction of sp³-hybridized carbons (Fsp3) is 0.412. The Morgan fingerprint density at radius 1 is 1.32 bits per heavy atom. The van der Waals surface area contributed by atoms with Crippen molar-refractivity contribution >= 4 is 39.6 Å². The Labute approximate surface area is 151 Å². The zero-order valence-electron chi connectivity index (χ0n) is 14.1. The monoisotopic (exact) mass is 383 g/mol. The van der Waals surface area contributed by atoms with Crippen LogP contribution in [0, 0.1) is 0 Å². The third-order valence-corrected chi connectivity index (χ3v) is 6.28. The first-order valence-corrected chi connectivity index (χ1v) is 10.9. The summed E-state index contributed by atoms with van der Waals surface area (Å²) in [6, 6.07) is 7.24. The number of esters is 1. The topological polar surface area (TPSA) is 89.5 Å². The third-order valence-electron chi connectivity index (χ3n) is 3.77. The van der Waals surface area contributed by atoms with Gasteiger partial charge in [0, 0.05) is 17.0 Å². The van der Waals surface area contributed by atoms with Crippen LogP contribution in [-0.2, 0) is 24.2 Å². The van der Waals surface area contributed by atoms with E-state index in [-0.39, 0.29) is 11.5 Å². The van der Waals surface area contributed by atoms with Gasteiger partial charge in [0.1, 0.15) is 0 Å². The van der Waals surface area contributed by atoms with Gasteiger partial charge in [-0.3, -0.25) is 4.79 Å². The van der Waals surface area contributed by atoms with Gasteiger partial charge in [-0.15, -0.1) is 11.8 Å². The molecule has 0 radical (unpaired) electrons. The van der Waals surface area contributed by atoms with Gasteiger partial charge in [-0.1, -0.05) is 12.1 Å². The molecule has 136 valence electrons. The number of amides is 1. The van der Waals surface area contributed by atoms with E-state index in [0.29, 0.717) is 6.42 Å². The van der Waals surface area contributed by atoms with Crippen LogP contribution in [0.4, 0.5) is 0 Å². The molecule has 0 saturated carbocycles. The van der Waals surface area contributed by atoms with E-state index in [4.69, 9.17) is 4.74 Å². The average molecular weight is 383 g/mol. The lowest BCUT2D eigenvalue weighted by molar-refractivity contribution is -0.150. The highest BCUT2D eigenvalue weighted by Gasteiger charge is 2.30. The molecule has 1 heterocycles. The lowest BCUT2D eigenvalue weighted by atomic mass is 10.2. The third kappa shape index (κ3) is 6.21. The summed E-state index contributed by atoms with van der Waals surface area (Å²) < 4.78 is 27.8. The molecule has 2 atom stereocenters. The summed E-state index contributed by atoms with van der Waals surface area (Å²) >= 11 is 1.63. The lowest BCUT2D eigenvalue weighted by Gasteiger charge is -2.15. The summed E-state index contributed by atoms with van der Waals surface area (Å²) in [5.41, 5.74) is 0.850. The van der Waals surface area contributed by atoms with Crippen molar-refractivity contribution in [1.82, 2.24) is 5.32 Å². The Morgan fingerprint density at radius 2 is 2.00 bits per heavy atom. The second-order valence-electron chi connectivity index (χ2n) is 5.79. The summed E-state index contributed by atoms with van der Waals surface area (Å²) in [7, 11) is -3.07. The van der Waals surface area contributed by atoms with Gasteiger partial charge in [0.05, 0.1) is 11.5 Å². The molecule has 1 aliphatic rings. The van der Waals surface area contributed by atoms with E-state index in [1.54, 1.807) is 17.8 Å². The molecule has 0 spiro atoms. The Hall–Kier alpha value is -1.80. The van der Waals surface area contributed by atoms with Crippen molar-refractivity contribution in [3.8, 4) is 0 Å². The summed E-state index contributed by atoms with van der Waals surface area (Å²) in [5, 5.41) is 2.60. The van der Waals surface area contributed by atoms with Gasteiger partial charge >= 0.3 is 5.97 Å². The normalized spacial score (nSPS) is 20.3. The van der Waals surface area contributed by atoms with Gasteiger partial charge in [-0.25, -0.2) is 13.2 Å². The summed E-state index contributed by atoms with van der Waals surface area (Å²) in [4.78, 5) is 24.9. The molecular formula is C17H21NO5S2. The Balaban J connectivity index is 1.82. The molecule has 1 N–H and O–H groups in total. The number of sulfone groups is 1. The van der Waals surface area contributed by atoms with Crippen LogP contribution >= 0.6 is 11.8 Å². The predicted octanol–water partition coefficient (Wildman–Crippen LogP) is 1.66. The van der Waals surface area contributed by atoms with Crippen LogP contribution < -0.4 is 5.32 Å². The molecule has 25 heavy (non-hydrogen) atoms. The first kappa shape index (κ1) is 19.5. The minimum Gasteiger partial charge on any atom is -0.449 e. The smallest absolute Gasteiger partial charge is 0.331 e. The van der Waals surface area contributed by atoms with Gasteiger partial charge in [-0.05, 0) is 43.4 Å². The number of hydrogen-bond donors (Lipinski definition) is 1. The summed E-state index contributed by atoms with van der Waals surface area (Å²) in [5.74, 6) is -1.11. The molecule has 1 aliphatic heterocycles. The van der Waals surface area contributed by atoms with Crippen molar-refractivity contribution in [2.45, 2.75) is 30.4 Å². The first-order chi connectivity index (χ1) is 11.8. The lowest BCUT2D eigenvalue weighted by Crippen LogP contribution is -2.42. The molecule has 0 aromatic heterocycles. The number of benzene rings is 1. The van der Waals surface area contributed by atoms with E-state index < -0.39 is 33.9 Å². The van der Waals surface area contributed by atoms with E-state index in [0.717, 1.165) is 10.5 Å². The minimum atomic E-state index is -3.07. The number of carbonyl (C=O) groups is 2. The second-order valence-corrected chi connectivity index (χ2v) is 8.90. The van der Waals surface area contributed by atoms with E-state index in [1.807, 2.05) is 30.5 Å². The van der Waals surface area contributed by atoms with Crippen molar-refractivity contribution in [1.29, 1.82) is 0 Å². The zero-order valence-corrected chi connectivity index (χ0v) is 15.7. The fourth-order valence-corrected chi connectivity index (χ4v) is 4.46. The van der Waals surface area contributed by atoms with Crippen LogP contribution in [0.3, 0.4) is 0 Å². The highest BCUT2D eigenvalue weighted by molar-refractivity contribution is 7.98. The van der Waals surface area contributed by atoms with Crippen LogP contribution in [-0.4, -0.2) is 50.2 Å². The molecule has 0 unspecified atom stereocenters. The maximum absolute atomic E-state index is 12.0. The summed E-state index contributed by atoms with van der Waals surface area (Å²) in [6.45, 7) is 1.46. The van der Waals surface area contributed by atoms with Crippen molar-refractivity contribution < 1.29 is 22.7 Å². The quantitative estimate of drug-likeness (QED) is 0.456. The SMILES string of the molecule is CSc1ccc(/C=C/C(=O)O[C@H](C)C(=O)N[C@@H]2CCS(=O)(=O)C2)cc1. The van der Waals surface area contributed by atoms with Crippen LogP contribution in [0.15, 0.2) is 35.2 Å². The van der Waals surface area contributed by atoms with E-state index in [9.17, 15) is 18.0 Å². The molecule has 2 rings (SSSR count). The molecule has 1 saturated heterocycles. The maximum atomic E-state index is 12.0. The van der Waals surface area contributed by atoms with Crippen molar-refractivity contribution in [3.05, 3.63) is 35.9 Å². The Bertz CT molecular complexity index is 756. The molecular weight excluding hydrogens is 362 g/mol. The van der Waals surface area contributed by atoms with Crippen molar-refractivity contribution in [3.63, 3.8) is 0 Å². The predicted molar refractivity (Wildman–Crippen MR) is 98.0 cm³/mol. The molecule has 1 aromatic carbocycles. The van der Waals surface area contributed by atoms with Crippen molar-refractivity contribution in [2.75, 3.05) is 17.8 Å². The zero-order chi connectivity index (χ0) is 18.4. The van der Waals surface area contributed by atoms with E-state index in [2.05, 4.69) is 5.32 Å². The number of hydrogen-bond acceptors (Lipinski definition) is 6. The Morgan fingerprint density at radius 3 is 2.56 bits per heavy atom. The largest absolute Gasteiger partial charge is 0.449 e. The highest BCUT2D eigenvalue weighted by atomic mass is 32.2. The van der Waals surface area contributed by atoms with E-state index in [1.165, 1.54) is 13.0 Å². The van der Waals surface area contributed by atoms with Gasteiger partial charge in [-0.2, -0.15) is 0 Å². The number of ether oxygens (including phenoxy) is 1. The number of rotatable bonds is 6. The number of carbonyl (C=O) groups excluding carboxylic acids is 2.